The molecule has 18 heavy (non-hydrogen) atoms. The van der Waals surface area contributed by atoms with Gasteiger partial charge in [-0.2, -0.15) is 0 Å². The summed E-state index contributed by atoms with van der Waals surface area (Å²) < 4.78 is 13.4. The molecule has 2 aromatic rings. The topological polar surface area (TPSA) is 12.0 Å². The molecule has 0 fully saturated rings. The van der Waals surface area contributed by atoms with Crippen LogP contribution in [-0.2, 0) is 13.0 Å². The Labute approximate surface area is 108 Å². The van der Waals surface area contributed by atoms with E-state index in [0.29, 0.717) is 12.1 Å². The van der Waals surface area contributed by atoms with E-state index in [2.05, 4.69) is 24.4 Å². The molecule has 0 bridgehead atoms. The largest absolute Gasteiger partial charge is 0.381 e. The van der Waals surface area contributed by atoms with Gasteiger partial charge >= 0.3 is 0 Å². The molecule has 0 aromatic heterocycles. The van der Waals surface area contributed by atoms with Crippen LogP contribution in [0.2, 0.25) is 0 Å². The molecule has 0 aliphatic rings. The van der Waals surface area contributed by atoms with Crippen LogP contribution in [0.25, 0.3) is 0 Å². The molecule has 0 saturated heterocycles. The minimum absolute atomic E-state index is 0.160. The van der Waals surface area contributed by atoms with Gasteiger partial charge in [0.2, 0.25) is 0 Å². The molecule has 0 spiro atoms. The van der Waals surface area contributed by atoms with Crippen LogP contribution < -0.4 is 5.32 Å². The highest BCUT2D eigenvalue weighted by Crippen LogP contribution is 2.13. The van der Waals surface area contributed by atoms with Gasteiger partial charge in [0.25, 0.3) is 0 Å². The third-order valence-electron chi connectivity index (χ3n) is 2.93. The molecule has 0 aliphatic carbocycles. The van der Waals surface area contributed by atoms with Crippen molar-refractivity contribution in [2.45, 2.75) is 26.3 Å². The summed E-state index contributed by atoms with van der Waals surface area (Å²) in [7, 11) is 0. The molecule has 0 amide bonds. The Morgan fingerprint density at radius 3 is 2.39 bits per heavy atom. The van der Waals surface area contributed by atoms with Crippen molar-refractivity contribution in [2.24, 2.45) is 0 Å². The van der Waals surface area contributed by atoms with E-state index in [-0.39, 0.29) is 5.82 Å². The zero-order valence-electron chi connectivity index (χ0n) is 10.6. The van der Waals surface area contributed by atoms with E-state index in [0.717, 1.165) is 18.5 Å². The number of halogens is 1. The van der Waals surface area contributed by atoms with Crippen molar-refractivity contribution in [2.75, 3.05) is 5.32 Å². The van der Waals surface area contributed by atoms with Gasteiger partial charge in [-0.1, -0.05) is 43.7 Å². The van der Waals surface area contributed by atoms with Crippen LogP contribution in [0.15, 0.2) is 48.5 Å². The van der Waals surface area contributed by atoms with Crippen LogP contribution in [0.4, 0.5) is 10.1 Å². The Balaban J connectivity index is 1.96. The van der Waals surface area contributed by atoms with Gasteiger partial charge in [0.1, 0.15) is 5.82 Å². The van der Waals surface area contributed by atoms with E-state index >= 15 is 0 Å². The monoisotopic (exact) mass is 243 g/mol. The predicted octanol–water partition coefficient (Wildman–Crippen LogP) is 4.39. The minimum atomic E-state index is -0.160. The Morgan fingerprint density at radius 1 is 1.00 bits per heavy atom. The molecule has 0 aliphatic heterocycles. The Hall–Kier alpha value is -1.83. The van der Waals surface area contributed by atoms with Crippen molar-refractivity contribution in [1.82, 2.24) is 0 Å². The van der Waals surface area contributed by atoms with Gasteiger partial charge in [-0.25, -0.2) is 4.39 Å². The van der Waals surface area contributed by atoms with Crippen molar-refractivity contribution in [3.63, 3.8) is 0 Å². The maximum atomic E-state index is 13.4. The lowest BCUT2D eigenvalue weighted by atomic mass is 10.1. The molecule has 0 heterocycles. The van der Waals surface area contributed by atoms with E-state index in [9.17, 15) is 4.39 Å². The fourth-order valence-electron chi connectivity index (χ4n) is 1.92. The summed E-state index contributed by atoms with van der Waals surface area (Å²) in [6, 6.07) is 15.2. The van der Waals surface area contributed by atoms with Crippen molar-refractivity contribution >= 4 is 5.69 Å². The number of nitrogens with one attached hydrogen (secondary N) is 1. The molecule has 1 nitrogen and oxygen atoms in total. The first-order chi connectivity index (χ1) is 8.79. The number of benzene rings is 2. The van der Waals surface area contributed by atoms with Gasteiger partial charge in [0.15, 0.2) is 0 Å². The molecule has 94 valence electrons. The third-order valence-corrected chi connectivity index (χ3v) is 2.93. The second kappa shape index (κ2) is 6.20. The second-order valence-electron chi connectivity index (χ2n) is 4.39. The van der Waals surface area contributed by atoms with Crippen molar-refractivity contribution in [3.8, 4) is 0 Å². The minimum Gasteiger partial charge on any atom is -0.381 e. The van der Waals surface area contributed by atoms with Gasteiger partial charge < -0.3 is 5.32 Å². The van der Waals surface area contributed by atoms with Crippen LogP contribution in [0, 0.1) is 5.82 Å². The van der Waals surface area contributed by atoms with E-state index in [1.807, 2.05) is 18.2 Å². The third kappa shape index (κ3) is 3.33. The SMILES string of the molecule is CCCc1ccc(NCc2ccccc2F)cc1. The highest BCUT2D eigenvalue weighted by Gasteiger charge is 2.00. The summed E-state index contributed by atoms with van der Waals surface area (Å²) in [5.41, 5.74) is 3.06. The van der Waals surface area contributed by atoms with Crippen LogP contribution in [-0.4, -0.2) is 0 Å². The summed E-state index contributed by atoms with van der Waals surface area (Å²) >= 11 is 0. The van der Waals surface area contributed by atoms with Crippen LogP contribution >= 0.6 is 0 Å². The van der Waals surface area contributed by atoms with Gasteiger partial charge in [-0.3, -0.25) is 0 Å². The molecule has 0 saturated carbocycles. The van der Waals surface area contributed by atoms with Crippen LogP contribution in [0.3, 0.4) is 0 Å². The summed E-state index contributed by atoms with van der Waals surface area (Å²) in [6.45, 7) is 2.68. The molecular weight excluding hydrogens is 225 g/mol. The summed E-state index contributed by atoms with van der Waals surface area (Å²) in [5.74, 6) is -0.160. The zero-order chi connectivity index (χ0) is 12.8. The fourth-order valence-corrected chi connectivity index (χ4v) is 1.92. The number of hydrogen-bond donors (Lipinski definition) is 1. The molecule has 2 rings (SSSR count). The van der Waals surface area contributed by atoms with E-state index in [4.69, 9.17) is 0 Å². The summed E-state index contributed by atoms with van der Waals surface area (Å²) in [4.78, 5) is 0. The highest BCUT2D eigenvalue weighted by molar-refractivity contribution is 5.45. The average Bonchev–Trinajstić information content (AvgIpc) is 2.40. The van der Waals surface area contributed by atoms with E-state index < -0.39 is 0 Å². The van der Waals surface area contributed by atoms with Gasteiger partial charge in [0.05, 0.1) is 0 Å². The van der Waals surface area contributed by atoms with E-state index in [1.165, 1.54) is 11.6 Å². The number of anilines is 1. The van der Waals surface area contributed by atoms with Crippen molar-refractivity contribution in [3.05, 3.63) is 65.5 Å². The van der Waals surface area contributed by atoms with Gasteiger partial charge in [-0.05, 0) is 30.2 Å². The maximum Gasteiger partial charge on any atom is 0.128 e. The molecule has 2 aromatic carbocycles. The lowest BCUT2D eigenvalue weighted by Crippen LogP contribution is -2.01. The van der Waals surface area contributed by atoms with Crippen molar-refractivity contribution in [1.29, 1.82) is 0 Å². The number of hydrogen-bond acceptors (Lipinski definition) is 1. The van der Waals surface area contributed by atoms with Crippen molar-refractivity contribution < 1.29 is 4.39 Å². The average molecular weight is 243 g/mol. The van der Waals surface area contributed by atoms with E-state index in [1.54, 1.807) is 12.1 Å². The summed E-state index contributed by atoms with van der Waals surface area (Å²) in [6.07, 6.45) is 2.26. The van der Waals surface area contributed by atoms with Gasteiger partial charge in [-0.15, -0.1) is 0 Å². The Morgan fingerprint density at radius 2 is 1.72 bits per heavy atom. The molecular formula is C16H18FN. The van der Waals surface area contributed by atoms with Crippen LogP contribution in [0.1, 0.15) is 24.5 Å². The molecule has 0 unspecified atom stereocenters. The number of rotatable bonds is 5. The predicted molar refractivity (Wildman–Crippen MR) is 74.2 cm³/mol. The maximum absolute atomic E-state index is 13.4. The quantitative estimate of drug-likeness (QED) is 0.821. The first-order valence-corrected chi connectivity index (χ1v) is 6.36. The van der Waals surface area contributed by atoms with Crippen LogP contribution in [0.5, 0.6) is 0 Å². The molecule has 2 heteroatoms. The standard InChI is InChI=1S/C16H18FN/c1-2-5-13-8-10-15(11-9-13)18-12-14-6-3-4-7-16(14)17/h3-4,6-11,18H,2,5,12H2,1H3. The summed E-state index contributed by atoms with van der Waals surface area (Å²) in [5, 5.41) is 3.23. The second-order valence-corrected chi connectivity index (χ2v) is 4.39. The lowest BCUT2D eigenvalue weighted by Gasteiger charge is -2.08. The van der Waals surface area contributed by atoms with Gasteiger partial charge in [0, 0.05) is 17.8 Å². The Bertz CT molecular complexity index is 491. The fraction of sp³-hybridized carbons (Fsp3) is 0.250. The highest BCUT2D eigenvalue weighted by atomic mass is 19.1. The Kier molecular flexibility index (Phi) is 4.35. The molecule has 1 N–H and O–H groups in total. The normalized spacial score (nSPS) is 10.3. The first-order valence-electron chi connectivity index (χ1n) is 6.36. The molecule has 0 atom stereocenters. The molecule has 0 radical (unpaired) electrons. The lowest BCUT2D eigenvalue weighted by molar-refractivity contribution is 0.613. The first kappa shape index (κ1) is 12.6. The smallest absolute Gasteiger partial charge is 0.128 e. The number of aryl methyl sites for hydroxylation is 1. The zero-order valence-corrected chi connectivity index (χ0v) is 10.6.